The lowest BCUT2D eigenvalue weighted by Crippen LogP contribution is -2.19. The molecule has 0 aromatic carbocycles. The highest BCUT2D eigenvalue weighted by molar-refractivity contribution is 8.02. The molecular formula is C16H34O3S2. The summed E-state index contributed by atoms with van der Waals surface area (Å²) >= 11 is 4.19. The average Bonchev–Trinajstić information content (AvgIpc) is 2.45. The molecule has 21 heavy (non-hydrogen) atoms. The van der Waals surface area contributed by atoms with E-state index in [0.29, 0.717) is 13.0 Å². The predicted octanol–water partition coefficient (Wildman–Crippen LogP) is 5.31. The van der Waals surface area contributed by atoms with Crippen molar-refractivity contribution in [3.8, 4) is 0 Å². The third-order valence-electron chi connectivity index (χ3n) is 3.63. The van der Waals surface area contributed by atoms with Gasteiger partial charge in [0.15, 0.2) is 0 Å². The van der Waals surface area contributed by atoms with Gasteiger partial charge in [-0.2, -0.15) is 21.0 Å². The summed E-state index contributed by atoms with van der Waals surface area (Å²) in [6.45, 7) is 4.66. The van der Waals surface area contributed by atoms with Crippen LogP contribution in [0.2, 0.25) is 0 Å². The molecule has 0 heterocycles. The average molecular weight is 339 g/mol. The first-order valence-electron chi connectivity index (χ1n) is 8.61. The molecule has 1 unspecified atom stereocenters. The van der Waals surface area contributed by atoms with Crippen LogP contribution in [0.1, 0.15) is 90.9 Å². The van der Waals surface area contributed by atoms with Crippen LogP contribution in [0.3, 0.4) is 0 Å². The van der Waals surface area contributed by atoms with Crippen LogP contribution < -0.4 is 0 Å². The summed E-state index contributed by atoms with van der Waals surface area (Å²) in [6, 6.07) is 0. The fourth-order valence-electron chi connectivity index (χ4n) is 2.20. The van der Waals surface area contributed by atoms with Crippen molar-refractivity contribution >= 4 is 22.7 Å². The lowest BCUT2D eigenvalue weighted by atomic mass is 10.1. The van der Waals surface area contributed by atoms with E-state index in [2.05, 4.69) is 26.5 Å². The molecular weight excluding hydrogens is 304 g/mol. The number of thiol groups is 1. The van der Waals surface area contributed by atoms with Crippen molar-refractivity contribution in [2.75, 3.05) is 6.61 Å². The molecule has 0 aromatic heterocycles. The van der Waals surface area contributed by atoms with E-state index in [1.54, 1.807) is 0 Å². The zero-order valence-corrected chi connectivity index (χ0v) is 15.6. The minimum Gasteiger partial charge on any atom is -0.269 e. The first kappa shape index (κ1) is 21.3. The van der Waals surface area contributed by atoms with Crippen molar-refractivity contribution in [2.24, 2.45) is 0 Å². The lowest BCUT2D eigenvalue weighted by molar-refractivity contribution is 0.304. The van der Waals surface area contributed by atoms with E-state index in [1.807, 2.05) is 0 Å². The molecule has 0 rings (SSSR count). The van der Waals surface area contributed by atoms with Crippen LogP contribution in [-0.4, -0.2) is 19.6 Å². The molecule has 0 aromatic rings. The second-order valence-electron chi connectivity index (χ2n) is 5.74. The van der Waals surface area contributed by atoms with E-state index in [0.717, 1.165) is 25.7 Å². The second-order valence-corrected chi connectivity index (χ2v) is 8.50. The molecule has 5 heteroatoms. The van der Waals surface area contributed by atoms with Crippen molar-refractivity contribution in [3.05, 3.63) is 0 Å². The zero-order chi connectivity index (χ0) is 16.0. The normalized spacial score (nSPS) is 13.5. The van der Waals surface area contributed by atoms with Gasteiger partial charge in [-0.25, -0.2) is 0 Å². The SMILES string of the molecule is CCCCCCCCOS(=O)(=O)C(S)CCCCCCC. The number of rotatable bonds is 15. The Kier molecular flexibility index (Phi) is 14.1. The minimum atomic E-state index is -3.49. The maximum absolute atomic E-state index is 11.9. The van der Waals surface area contributed by atoms with E-state index in [4.69, 9.17) is 4.18 Å². The monoisotopic (exact) mass is 338 g/mol. The van der Waals surface area contributed by atoms with Crippen molar-refractivity contribution in [2.45, 2.75) is 95.5 Å². The number of hydrogen-bond donors (Lipinski definition) is 1. The molecule has 1 atom stereocenters. The largest absolute Gasteiger partial charge is 0.279 e. The summed E-state index contributed by atoms with van der Waals surface area (Å²) in [5, 5.41) is 0. The van der Waals surface area contributed by atoms with Gasteiger partial charge in [-0.05, 0) is 12.8 Å². The molecule has 0 amide bonds. The van der Waals surface area contributed by atoms with Crippen LogP contribution in [-0.2, 0) is 14.3 Å². The quantitative estimate of drug-likeness (QED) is 0.250. The summed E-state index contributed by atoms with van der Waals surface area (Å²) in [7, 11) is -3.49. The van der Waals surface area contributed by atoms with E-state index in [9.17, 15) is 8.42 Å². The Morgan fingerprint density at radius 3 is 1.86 bits per heavy atom. The summed E-state index contributed by atoms with van der Waals surface area (Å²) in [6.07, 6.45) is 12.9. The van der Waals surface area contributed by atoms with Gasteiger partial charge in [-0.3, -0.25) is 4.18 Å². The highest BCUT2D eigenvalue weighted by atomic mass is 32.3. The second kappa shape index (κ2) is 13.9. The Hall–Kier alpha value is 0.260. The summed E-state index contributed by atoms with van der Waals surface area (Å²) in [5.74, 6) is 0. The van der Waals surface area contributed by atoms with Gasteiger partial charge in [0.1, 0.15) is 4.58 Å². The molecule has 0 aliphatic rings. The van der Waals surface area contributed by atoms with Gasteiger partial charge in [0.25, 0.3) is 10.1 Å². The summed E-state index contributed by atoms with van der Waals surface area (Å²) < 4.78 is 28.2. The molecule has 128 valence electrons. The highest BCUT2D eigenvalue weighted by Gasteiger charge is 2.21. The van der Waals surface area contributed by atoms with Gasteiger partial charge in [0, 0.05) is 0 Å². The number of unbranched alkanes of at least 4 members (excludes halogenated alkanes) is 9. The molecule has 0 aliphatic carbocycles. The molecule has 0 aliphatic heterocycles. The van der Waals surface area contributed by atoms with Gasteiger partial charge in [-0.1, -0.05) is 78.1 Å². The summed E-state index contributed by atoms with van der Waals surface area (Å²) in [4.78, 5) is 0. The third-order valence-corrected chi connectivity index (χ3v) is 6.06. The zero-order valence-electron chi connectivity index (χ0n) is 13.8. The first-order valence-corrected chi connectivity index (χ1v) is 10.6. The third kappa shape index (κ3) is 12.5. The maximum Gasteiger partial charge on any atom is 0.279 e. The molecule has 0 saturated carbocycles. The van der Waals surface area contributed by atoms with Gasteiger partial charge in [-0.15, -0.1) is 0 Å². The fraction of sp³-hybridized carbons (Fsp3) is 1.00. The Balaban J connectivity index is 3.65. The van der Waals surface area contributed by atoms with Crippen LogP contribution >= 0.6 is 12.6 Å². The fourth-order valence-corrected chi connectivity index (χ4v) is 3.53. The smallest absolute Gasteiger partial charge is 0.269 e. The highest BCUT2D eigenvalue weighted by Crippen LogP contribution is 2.18. The Morgan fingerprint density at radius 2 is 1.29 bits per heavy atom. The molecule has 3 nitrogen and oxygen atoms in total. The first-order chi connectivity index (χ1) is 10.0. The predicted molar refractivity (Wildman–Crippen MR) is 94.4 cm³/mol. The van der Waals surface area contributed by atoms with Crippen molar-refractivity contribution in [1.29, 1.82) is 0 Å². The van der Waals surface area contributed by atoms with Gasteiger partial charge < -0.3 is 0 Å². The van der Waals surface area contributed by atoms with Crippen LogP contribution in [0, 0.1) is 0 Å². The topological polar surface area (TPSA) is 43.4 Å². The van der Waals surface area contributed by atoms with Crippen LogP contribution in [0.5, 0.6) is 0 Å². The van der Waals surface area contributed by atoms with E-state index in [-0.39, 0.29) is 0 Å². The Labute approximate surface area is 137 Å². The molecule has 0 bridgehead atoms. The summed E-state index contributed by atoms with van der Waals surface area (Å²) in [5.41, 5.74) is 0. The van der Waals surface area contributed by atoms with Gasteiger partial charge in [0.2, 0.25) is 0 Å². The molecule has 0 fully saturated rings. The van der Waals surface area contributed by atoms with E-state index >= 15 is 0 Å². The maximum atomic E-state index is 11.9. The van der Waals surface area contributed by atoms with Crippen LogP contribution in [0.15, 0.2) is 0 Å². The molecule has 0 saturated heterocycles. The van der Waals surface area contributed by atoms with Gasteiger partial charge >= 0.3 is 0 Å². The van der Waals surface area contributed by atoms with Crippen LogP contribution in [0.25, 0.3) is 0 Å². The Morgan fingerprint density at radius 1 is 0.810 bits per heavy atom. The van der Waals surface area contributed by atoms with E-state index in [1.165, 1.54) is 44.9 Å². The number of hydrogen-bond acceptors (Lipinski definition) is 4. The molecule has 0 spiro atoms. The molecule has 0 radical (unpaired) electrons. The van der Waals surface area contributed by atoms with Crippen molar-refractivity contribution in [1.82, 2.24) is 0 Å². The van der Waals surface area contributed by atoms with E-state index < -0.39 is 14.7 Å². The Bertz CT molecular complexity index is 315. The van der Waals surface area contributed by atoms with Crippen molar-refractivity contribution in [3.63, 3.8) is 0 Å². The van der Waals surface area contributed by atoms with Crippen LogP contribution in [0.4, 0.5) is 0 Å². The minimum absolute atomic E-state index is 0.307. The van der Waals surface area contributed by atoms with Gasteiger partial charge in [0.05, 0.1) is 6.61 Å². The lowest BCUT2D eigenvalue weighted by Gasteiger charge is -2.12. The molecule has 0 N–H and O–H groups in total. The van der Waals surface area contributed by atoms with Crippen molar-refractivity contribution < 1.29 is 12.6 Å². The standard InChI is InChI=1S/C16H34O3S2/c1-3-5-7-9-11-13-15-19-21(17,18)16(20)14-12-10-8-6-4-2/h16,20H,3-15H2,1-2H3.